The van der Waals surface area contributed by atoms with E-state index in [0.29, 0.717) is 12.1 Å². The average molecular weight is 258 g/mol. The SMILES string of the molecule is NC1CCC(C(=O)Nc2cnn(CC(F)F)c2)C1. The normalized spacial score (nSPS) is 23.6. The number of amides is 1. The van der Waals surface area contributed by atoms with E-state index in [1.165, 1.54) is 12.4 Å². The van der Waals surface area contributed by atoms with E-state index in [1.54, 1.807) is 0 Å². The molecule has 5 nitrogen and oxygen atoms in total. The van der Waals surface area contributed by atoms with Gasteiger partial charge in [-0.15, -0.1) is 0 Å². The Labute approximate surface area is 103 Å². The van der Waals surface area contributed by atoms with E-state index in [9.17, 15) is 13.6 Å². The highest BCUT2D eigenvalue weighted by atomic mass is 19.3. The maximum atomic E-state index is 12.1. The summed E-state index contributed by atoms with van der Waals surface area (Å²) in [5, 5.41) is 6.42. The van der Waals surface area contributed by atoms with Gasteiger partial charge in [0.05, 0.1) is 11.9 Å². The number of nitrogens with zero attached hydrogens (tertiary/aromatic N) is 2. The molecular weight excluding hydrogens is 242 g/mol. The molecule has 0 aliphatic heterocycles. The summed E-state index contributed by atoms with van der Waals surface area (Å²) in [4.78, 5) is 11.8. The van der Waals surface area contributed by atoms with Crippen molar-refractivity contribution in [2.75, 3.05) is 5.32 Å². The Morgan fingerprint density at radius 3 is 3.00 bits per heavy atom. The summed E-state index contributed by atoms with van der Waals surface area (Å²) < 4.78 is 25.3. The van der Waals surface area contributed by atoms with Crippen LogP contribution in [0.3, 0.4) is 0 Å². The van der Waals surface area contributed by atoms with E-state index in [-0.39, 0.29) is 17.9 Å². The highest BCUT2D eigenvalue weighted by Gasteiger charge is 2.27. The summed E-state index contributed by atoms with van der Waals surface area (Å²) in [6.07, 6.45) is 2.62. The first-order valence-electron chi connectivity index (χ1n) is 5.91. The second-order valence-electron chi connectivity index (χ2n) is 4.60. The largest absolute Gasteiger partial charge is 0.328 e. The summed E-state index contributed by atoms with van der Waals surface area (Å²) in [5.74, 6) is -0.196. The van der Waals surface area contributed by atoms with Crippen molar-refractivity contribution in [2.45, 2.75) is 38.3 Å². The quantitative estimate of drug-likeness (QED) is 0.852. The molecule has 1 aromatic rings. The molecule has 0 radical (unpaired) electrons. The van der Waals surface area contributed by atoms with Gasteiger partial charge in [-0.3, -0.25) is 9.48 Å². The van der Waals surface area contributed by atoms with Gasteiger partial charge in [0.25, 0.3) is 6.43 Å². The molecule has 2 atom stereocenters. The third-order valence-corrected chi connectivity index (χ3v) is 3.07. The second-order valence-corrected chi connectivity index (χ2v) is 4.60. The molecule has 1 aromatic heterocycles. The van der Waals surface area contributed by atoms with Gasteiger partial charge in [-0.1, -0.05) is 0 Å². The van der Waals surface area contributed by atoms with E-state index in [4.69, 9.17) is 5.73 Å². The zero-order valence-corrected chi connectivity index (χ0v) is 9.85. The van der Waals surface area contributed by atoms with E-state index >= 15 is 0 Å². The molecule has 3 N–H and O–H groups in total. The van der Waals surface area contributed by atoms with Crippen molar-refractivity contribution in [1.29, 1.82) is 0 Å². The number of nitrogens with one attached hydrogen (secondary N) is 1. The first-order chi connectivity index (χ1) is 8.54. The minimum Gasteiger partial charge on any atom is -0.328 e. The fourth-order valence-corrected chi connectivity index (χ4v) is 2.17. The monoisotopic (exact) mass is 258 g/mol. The smallest absolute Gasteiger partial charge is 0.257 e. The maximum absolute atomic E-state index is 12.1. The molecule has 1 amide bonds. The average Bonchev–Trinajstić information content (AvgIpc) is 2.87. The van der Waals surface area contributed by atoms with Gasteiger partial charge in [-0.25, -0.2) is 8.78 Å². The van der Waals surface area contributed by atoms with Crippen LogP contribution in [0.15, 0.2) is 12.4 Å². The molecule has 7 heteroatoms. The van der Waals surface area contributed by atoms with Gasteiger partial charge in [0.1, 0.15) is 6.54 Å². The predicted molar refractivity (Wildman–Crippen MR) is 62.2 cm³/mol. The molecule has 2 unspecified atom stereocenters. The van der Waals surface area contributed by atoms with Crippen LogP contribution in [0.1, 0.15) is 19.3 Å². The summed E-state index contributed by atoms with van der Waals surface area (Å²) >= 11 is 0. The molecule has 18 heavy (non-hydrogen) atoms. The minimum absolute atomic E-state index is 0.0848. The van der Waals surface area contributed by atoms with Gasteiger partial charge in [0.2, 0.25) is 5.91 Å². The Bertz CT molecular complexity index is 421. The Morgan fingerprint density at radius 2 is 2.39 bits per heavy atom. The first kappa shape index (κ1) is 12.9. The molecule has 0 saturated heterocycles. The van der Waals surface area contributed by atoms with E-state index in [0.717, 1.165) is 17.5 Å². The van der Waals surface area contributed by atoms with Gasteiger partial charge in [0.15, 0.2) is 0 Å². The number of aromatic nitrogens is 2. The lowest BCUT2D eigenvalue weighted by atomic mass is 10.1. The van der Waals surface area contributed by atoms with Crippen molar-refractivity contribution < 1.29 is 13.6 Å². The van der Waals surface area contributed by atoms with Crippen LogP contribution in [-0.4, -0.2) is 28.2 Å². The number of hydrogen-bond acceptors (Lipinski definition) is 3. The molecule has 0 aromatic carbocycles. The second kappa shape index (κ2) is 5.43. The Morgan fingerprint density at radius 1 is 1.61 bits per heavy atom. The van der Waals surface area contributed by atoms with Crippen molar-refractivity contribution in [3.8, 4) is 0 Å². The lowest BCUT2D eigenvalue weighted by molar-refractivity contribution is -0.119. The number of halogens is 2. The molecule has 1 aliphatic carbocycles. The number of anilines is 1. The molecule has 2 rings (SSSR count). The summed E-state index contributed by atoms with van der Waals surface area (Å²) in [6.45, 7) is -0.468. The molecule has 100 valence electrons. The van der Waals surface area contributed by atoms with Crippen molar-refractivity contribution in [3.05, 3.63) is 12.4 Å². The summed E-state index contributed by atoms with van der Waals surface area (Å²) in [5.41, 5.74) is 6.18. The number of hydrogen-bond donors (Lipinski definition) is 2. The highest BCUT2D eigenvalue weighted by Crippen LogP contribution is 2.25. The Balaban J connectivity index is 1.89. The fraction of sp³-hybridized carbons (Fsp3) is 0.636. The number of rotatable bonds is 4. The van der Waals surface area contributed by atoms with Crippen LogP contribution in [0.4, 0.5) is 14.5 Å². The van der Waals surface area contributed by atoms with E-state index in [1.807, 2.05) is 0 Å². The third kappa shape index (κ3) is 3.25. The fourth-order valence-electron chi connectivity index (χ4n) is 2.17. The molecule has 1 saturated carbocycles. The van der Waals surface area contributed by atoms with Crippen LogP contribution in [0.5, 0.6) is 0 Å². The van der Waals surface area contributed by atoms with Crippen LogP contribution < -0.4 is 11.1 Å². The van der Waals surface area contributed by atoms with Crippen LogP contribution >= 0.6 is 0 Å². The summed E-state index contributed by atoms with van der Waals surface area (Å²) in [7, 11) is 0. The molecule has 0 bridgehead atoms. The Hall–Kier alpha value is -1.50. The van der Waals surface area contributed by atoms with Crippen LogP contribution in [0.25, 0.3) is 0 Å². The number of alkyl halides is 2. The topological polar surface area (TPSA) is 72.9 Å². The summed E-state index contributed by atoms with van der Waals surface area (Å²) in [6, 6.07) is 0.0855. The number of carbonyl (C=O) groups is 1. The van der Waals surface area contributed by atoms with Crippen molar-refractivity contribution in [2.24, 2.45) is 11.7 Å². The lowest BCUT2D eigenvalue weighted by Crippen LogP contribution is -2.23. The van der Waals surface area contributed by atoms with E-state index in [2.05, 4.69) is 10.4 Å². The highest BCUT2D eigenvalue weighted by molar-refractivity contribution is 5.92. The molecule has 1 heterocycles. The standard InChI is InChI=1S/C11H16F2N4O/c12-10(13)6-17-5-9(4-15-17)16-11(18)7-1-2-8(14)3-7/h4-5,7-8,10H,1-3,6,14H2,(H,16,18). The lowest BCUT2D eigenvalue weighted by Gasteiger charge is -2.08. The molecule has 0 spiro atoms. The zero-order valence-electron chi connectivity index (χ0n) is 9.85. The maximum Gasteiger partial charge on any atom is 0.257 e. The number of carbonyl (C=O) groups excluding carboxylic acids is 1. The van der Waals surface area contributed by atoms with Crippen molar-refractivity contribution >= 4 is 11.6 Å². The molecular formula is C11H16F2N4O. The number of nitrogens with two attached hydrogens (primary N) is 1. The predicted octanol–water partition coefficient (Wildman–Crippen LogP) is 1.21. The van der Waals surface area contributed by atoms with E-state index < -0.39 is 13.0 Å². The third-order valence-electron chi connectivity index (χ3n) is 3.07. The van der Waals surface area contributed by atoms with Crippen LogP contribution in [-0.2, 0) is 11.3 Å². The first-order valence-corrected chi connectivity index (χ1v) is 5.91. The van der Waals surface area contributed by atoms with Crippen LogP contribution in [0, 0.1) is 5.92 Å². The van der Waals surface area contributed by atoms with Gasteiger partial charge in [0, 0.05) is 18.2 Å². The zero-order chi connectivity index (χ0) is 13.1. The van der Waals surface area contributed by atoms with Crippen LogP contribution in [0.2, 0.25) is 0 Å². The van der Waals surface area contributed by atoms with Gasteiger partial charge in [-0.2, -0.15) is 5.10 Å². The van der Waals surface area contributed by atoms with Gasteiger partial charge >= 0.3 is 0 Å². The van der Waals surface area contributed by atoms with Crippen molar-refractivity contribution in [1.82, 2.24) is 9.78 Å². The van der Waals surface area contributed by atoms with Gasteiger partial charge in [-0.05, 0) is 19.3 Å². The Kier molecular flexibility index (Phi) is 3.90. The van der Waals surface area contributed by atoms with Crippen molar-refractivity contribution in [3.63, 3.8) is 0 Å². The molecule has 1 fully saturated rings. The minimum atomic E-state index is -2.46. The van der Waals surface area contributed by atoms with Gasteiger partial charge < -0.3 is 11.1 Å². The molecule has 1 aliphatic rings.